The first-order valence-corrected chi connectivity index (χ1v) is 6.84. The zero-order chi connectivity index (χ0) is 15.2. The van der Waals surface area contributed by atoms with Crippen LogP contribution in [0.1, 0.15) is 33.6 Å². The van der Waals surface area contributed by atoms with E-state index in [0.717, 1.165) is 6.42 Å². The molecular weight excluding hydrogens is 259 g/mol. The van der Waals surface area contributed by atoms with Gasteiger partial charge < -0.3 is 15.8 Å². The average molecular weight is 282 g/mol. The van der Waals surface area contributed by atoms with Gasteiger partial charge in [-0.2, -0.15) is 0 Å². The molecule has 112 valence electrons. The van der Waals surface area contributed by atoms with Crippen LogP contribution in [0.3, 0.4) is 0 Å². The van der Waals surface area contributed by atoms with Crippen molar-refractivity contribution < 1.29 is 13.9 Å². The molecule has 2 atom stereocenters. The van der Waals surface area contributed by atoms with Crippen molar-refractivity contribution in [2.75, 3.05) is 6.54 Å². The highest BCUT2D eigenvalue weighted by atomic mass is 19.1. The maximum Gasteiger partial charge on any atom is 0.237 e. The first-order valence-electron chi connectivity index (χ1n) is 6.84. The van der Waals surface area contributed by atoms with Gasteiger partial charge in [0.2, 0.25) is 5.91 Å². The van der Waals surface area contributed by atoms with Gasteiger partial charge in [0.25, 0.3) is 0 Å². The molecule has 5 heteroatoms. The zero-order valence-corrected chi connectivity index (χ0v) is 12.3. The van der Waals surface area contributed by atoms with Gasteiger partial charge in [0.05, 0.1) is 11.6 Å². The molecule has 0 bridgehead atoms. The number of hydrogen-bond acceptors (Lipinski definition) is 3. The summed E-state index contributed by atoms with van der Waals surface area (Å²) in [5, 5.41) is 3.14. The number of amides is 1. The minimum absolute atomic E-state index is 0.265. The smallest absolute Gasteiger partial charge is 0.237 e. The fourth-order valence-electron chi connectivity index (χ4n) is 2.05. The molecule has 0 aliphatic carbocycles. The molecule has 0 saturated carbocycles. The quantitative estimate of drug-likeness (QED) is 0.768. The van der Waals surface area contributed by atoms with E-state index in [2.05, 4.69) is 5.32 Å². The van der Waals surface area contributed by atoms with Gasteiger partial charge in [-0.05, 0) is 38.9 Å². The standard InChI is InChI=1S/C15H23FN2O2/c1-4-8-18-15(3,14(17)19)10-11(2)20-13-7-5-6-12(16)9-13/h5-7,9,11,18H,4,8,10H2,1-3H3,(H2,17,19). The van der Waals surface area contributed by atoms with Crippen LogP contribution in [0.15, 0.2) is 24.3 Å². The van der Waals surface area contributed by atoms with E-state index >= 15 is 0 Å². The van der Waals surface area contributed by atoms with Gasteiger partial charge in [-0.15, -0.1) is 0 Å². The molecule has 0 fully saturated rings. The molecule has 0 aliphatic heterocycles. The Balaban J connectivity index is 2.66. The summed E-state index contributed by atoms with van der Waals surface area (Å²) in [7, 11) is 0. The van der Waals surface area contributed by atoms with Crippen molar-refractivity contribution in [2.24, 2.45) is 5.73 Å². The van der Waals surface area contributed by atoms with Crippen LogP contribution in [0.5, 0.6) is 5.75 Å². The van der Waals surface area contributed by atoms with E-state index in [1.54, 1.807) is 19.1 Å². The molecule has 20 heavy (non-hydrogen) atoms. The molecule has 1 aromatic rings. The Labute approximate surface area is 119 Å². The molecule has 2 unspecified atom stereocenters. The van der Waals surface area contributed by atoms with Crippen LogP contribution in [-0.2, 0) is 4.79 Å². The van der Waals surface area contributed by atoms with Gasteiger partial charge in [-0.1, -0.05) is 13.0 Å². The Morgan fingerprint density at radius 2 is 2.25 bits per heavy atom. The van der Waals surface area contributed by atoms with Crippen LogP contribution in [0.2, 0.25) is 0 Å². The Bertz CT molecular complexity index is 453. The monoisotopic (exact) mass is 282 g/mol. The van der Waals surface area contributed by atoms with E-state index in [9.17, 15) is 9.18 Å². The lowest BCUT2D eigenvalue weighted by atomic mass is 9.93. The van der Waals surface area contributed by atoms with E-state index in [-0.39, 0.29) is 11.9 Å². The number of rotatable bonds is 8. The topological polar surface area (TPSA) is 64.3 Å². The zero-order valence-electron chi connectivity index (χ0n) is 12.3. The molecule has 1 rings (SSSR count). The van der Waals surface area contributed by atoms with Crippen LogP contribution >= 0.6 is 0 Å². The van der Waals surface area contributed by atoms with Crippen molar-refractivity contribution in [1.82, 2.24) is 5.32 Å². The van der Waals surface area contributed by atoms with Gasteiger partial charge in [0.1, 0.15) is 11.6 Å². The molecule has 1 aromatic carbocycles. The van der Waals surface area contributed by atoms with E-state index in [4.69, 9.17) is 10.5 Å². The van der Waals surface area contributed by atoms with Crippen molar-refractivity contribution in [3.05, 3.63) is 30.1 Å². The first kappa shape index (κ1) is 16.4. The Kier molecular flexibility index (Phi) is 5.95. The summed E-state index contributed by atoms with van der Waals surface area (Å²) in [4.78, 5) is 11.6. The molecule has 0 aromatic heterocycles. The predicted octanol–water partition coefficient (Wildman–Crippen LogP) is 2.23. The second-order valence-electron chi connectivity index (χ2n) is 5.21. The third kappa shape index (κ3) is 4.81. The predicted molar refractivity (Wildman–Crippen MR) is 77.0 cm³/mol. The second kappa shape index (κ2) is 7.24. The number of hydrogen-bond donors (Lipinski definition) is 2. The molecule has 0 radical (unpaired) electrons. The normalized spacial score (nSPS) is 15.4. The number of carbonyl (C=O) groups is 1. The van der Waals surface area contributed by atoms with Crippen LogP contribution in [0.25, 0.3) is 0 Å². The van der Waals surface area contributed by atoms with Crippen LogP contribution in [-0.4, -0.2) is 24.1 Å². The number of nitrogens with one attached hydrogen (secondary N) is 1. The van der Waals surface area contributed by atoms with Crippen molar-refractivity contribution in [1.29, 1.82) is 0 Å². The van der Waals surface area contributed by atoms with Gasteiger partial charge in [-0.3, -0.25) is 4.79 Å². The molecule has 0 saturated heterocycles. The Morgan fingerprint density at radius 3 is 2.80 bits per heavy atom. The van der Waals surface area contributed by atoms with Crippen LogP contribution in [0.4, 0.5) is 4.39 Å². The molecule has 1 amide bonds. The first-order chi connectivity index (χ1) is 9.37. The Morgan fingerprint density at radius 1 is 1.55 bits per heavy atom. The minimum Gasteiger partial charge on any atom is -0.491 e. The lowest BCUT2D eigenvalue weighted by molar-refractivity contribution is -0.124. The summed E-state index contributed by atoms with van der Waals surface area (Å²) in [6.07, 6.45) is 1.06. The number of carbonyl (C=O) groups excluding carboxylic acids is 1. The van der Waals surface area contributed by atoms with Gasteiger partial charge in [0, 0.05) is 12.5 Å². The lowest BCUT2D eigenvalue weighted by Crippen LogP contribution is -2.55. The largest absolute Gasteiger partial charge is 0.491 e. The maximum absolute atomic E-state index is 13.1. The van der Waals surface area contributed by atoms with Crippen molar-refractivity contribution in [2.45, 2.75) is 45.3 Å². The van der Waals surface area contributed by atoms with Crippen LogP contribution < -0.4 is 15.8 Å². The molecule has 3 N–H and O–H groups in total. The summed E-state index contributed by atoms with van der Waals surface area (Å²) < 4.78 is 18.7. The van der Waals surface area contributed by atoms with E-state index in [1.807, 2.05) is 13.8 Å². The van der Waals surface area contributed by atoms with Crippen molar-refractivity contribution in [3.8, 4) is 5.75 Å². The fourth-order valence-corrected chi connectivity index (χ4v) is 2.05. The highest BCUT2D eigenvalue weighted by Crippen LogP contribution is 2.19. The summed E-state index contributed by atoms with van der Waals surface area (Å²) in [6.45, 7) is 6.31. The lowest BCUT2D eigenvalue weighted by Gasteiger charge is -2.30. The minimum atomic E-state index is -0.831. The van der Waals surface area contributed by atoms with E-state index in [0.29, 0.717) is 18.7 Å². The van der Waals surface area contributed by atoms with Gasteiger partial charge >= 0.3 is 0 Å². The molecule has 0 heterocycles. The number of benzene rings is 1. The highest BCUT2D eigenvalue weighted by Gasteiger charge is 2.32. The SMILES string of the molecule is CCCNC(C)(CC(C)Oc1cccc(F)c1)C(N)=O. The third-order valence-corrected chi connectivity index (χ3v) is 3.14. The Hall–Kier alpha value is -1.62. The van der Waals surface area contributed by atoms with E-state index < -0.39 is 11.4 Å². The summed E-state index contributed by atoms with van der Waals surface area (Å²) in [6, 6.07) is 5.94. The van der Waals surface area contributed by atoms with Gasteiger partial charge in [-0.25, -0.2) is 4.39 Å². The number of primary amides is 1. The van der Waals surface area contributed by atoms with E-state index in [1.165, 1.54) is 12.1 Å². The third-order valence-electron chi connectivity index (χ3n) is 3.14. The number of ether oxygens (including phenoxy) is 1. The molecular formula is C15H23FN2O2. The molecule has 0 aliphatic rings. The van der Waals surface area contributed by atoms with Crippen LogP contribution in [0, 0.1) is 5.82 Å². The molecule has 0 spiro atoms. The summed E-state index contributed by atoms with van der Waals surface area (Å²) in [5.74, 6) is -0.322. The van der Waals surface area contributed by atoms with Gasteiger partial charge in [0.15, 0.2) is 0 Å². The number of nitrogens with two attached hydrogens (primary N) is 1. The maximum atomic E-state index is 13.1. The molecule has 4 nitrogen and oxygen atoms in total. The summed E-state index contributed by atoms with van der Waals surface area (Å²) in [5.41, 5.74) is 4.63. The highest BCUT2D eigenvalue weighted by molar-refractivity contribution is 5.84. The van der Waals surface area contributed by atoms with Crippen molar-refractivity contribution >= 4 is 5.91 Å². The fraction of sp³-hybridized carbons (Fsp3) is 0.533. The average Bonchev–Trinajstić information content (AvgIpc) is 2.36. The second-order valence-corrected chi connectivity index (χ2v) is 5.21. The van der Waals surface area contributed by atoms with Crippen molar-refractivity contribution in [3.63, 3.8) is 0 Å². The summed E-state index contributed by atoms with van der Waals surface area (Å²) >= 11 is 0. The number of halogens is 1.